The van der Waals surface area contributed by atoms with E-state index in [-0.39, 0.29) is 31.1 Å². The molecule has 0 aromatic rings. The second-order valence-electron chi connectivity index (χ2n) is 19.5. The molecule has 0 spiro atoms. The average Bonchev–Trinajstić information content (AvgIpc) is 3.36. The SMILES string of the molecule is CC/C=C\C/C=C\C/C=C\C/C=C\C/C=C\CCCCCCCCCCCCCC(=O)OCC(COC(=O)CCCCCCC/C=C\CCCC)OC(=O)CCCCCCC/C=C\CCCCCCC. The highest BCUT2D eigenvalue weighted by molar-refractivity contribution is 5.71. The molecule has 0 saturated carbocycles. The van der Waals surface area contributed by atoms with E-state index in [0.29, 0.717) is 19.3 Å². The summed E-state index contributed by atoms with van der Waals surface area (Å²) in [5.41, 5.74) is 0. The molecule has 0 radical (unpaired) electrons. The molecule has 0 aromatic heterocycles. The summed E-state index contributed by atoms with van der Waals surface area (Å²) in [6.07, 6.45) is 75.8. The van der Waals surface area contributed by atoms with Crippen LogP contribution in [0.25, 0.3) is 0 Å². The molecule has 1 unspecified atom stereocenters. The van der Waals surface area contributed by atoms with Crippen LogP contribution >= 0.6 is 0 Å². The Hall–Kier alpha value is -3.41. The number of carbonyl (C=O) groups is 3. The van der Waals surface area contributed by atoms with Crippen LogP contribution in [0, 0.1) is 0 Å². The second kappa shape index (κ2) is 58.2. The number of ether oxygens (including phenoxy) is 3. The molecule has 0 amide bonds. The van der Waals surface area contributed by atoms with Gasteiger partial charge in [-0.2, -0.15) is 0 Å². The summed E-state index contributed by atoms with van der Waals surface area (Å²) >= 11 is 0. The van der Waals surface area contributed by atoms with Crippen molar-refractivity contribution >= 4 is 17.9 Å². The van der Waals surface area contributed by atoms with Crippen LogP contribution < -0.4 is 0 Å². The maximum Gasteiger partial charge on any atom is 0.306 e. The Labute approximate surface area is 433 Å². The fourth-order valence-electron chi connectivity index (χ4n) is 8.15. The maximum atomic E-state index is 12.8. The van der Waals surface area contributed by atoms with Gasteiger partial charge in [0.2, 0.25) is 0 Å². The first-order valence-corrected chi connectivity index (χ1v) is 29.6. The lowest BCUT2D eigenvalue weighted by Gasteiger charge is -2.18. The standard InChI is InChI=1S/C64H110O6/c1-4-7-10-13-16-19-22-24-26-27-28-29-30-31-32-33-34-35-36-37-38-40-42-45-48-51-54-57-63(66)69-60-61(59-68-62(65)56-53-50-47-44-41-21-18-15-12-9-6-3)70-64(67)58-55-52-49-46-43-39-25-23-20-17-14-11-8-5-2/h7,10,15-16,18-19,23-26,28-29,31-32,61H,4-6,8-9,11-14,17,20-22,27,30,33-60H2,1-3H3/b10-7-,18-15-,19-16-,25-23-,26-24-,29-28-,32-31-. The number of esters is 3. The monoisotopic (exact) mass is 975 g/mol. The van der Waals surface area contributed by atoms with Gasteiger partial charge in [-0.3, -0.25) is 14.4 Å². The van der Waals surface area contributed by atoms with Crippen molar-refractivity contribution in [1.82, 2.24) is 0 Å². The summed E-state index contributed by atoms with van der Waals surface area (Å²) in [6.45, 7) is 6.47. The van der Waals surface area contributed by atoms with E-state index in [1.807, 2.05) is 0 Å². The molecule has 0 aliphatic rings. The number of hydrogen-bond acceptors (Lipinski definition) is 6. The summed E-state index contributed by atoms with van der Waals surface area (Å²) in [7, 11) is 0. The third-order valence-electron chi connectivity index (χ3n) is 12.6. The van der Waals surface area contributed by atoms with Crippen molar-refractivity contribution in [3.63, 3.8) is 0 Å². The third kappa shape index (κ3) is 55.5. The van der Waals surface area contributed by atoms with Crippen molar-refractivity contribution in [1.29, 1.82) is 0 Å². The van der Waals surface area contributed by atoms with Gasteiger partial charge in [-0.1, -0.05) is 241 Å². The van der Waals surface area contributed by atoms with Gasteiger partial charge in [0, 0.05) is 19.3 Å². The van der Waals surface area contributed by atoms with E-state index in [9.17, 15) is 14.4 Å². The van der Waals surface area contributed by atoms with Gasteiger partial charge in [-0.25, -0.2) is 0 Å². The second-order valence-corrected chi connectivity index (χ2v) is 19.5. The van der Waals surface area contributed by atoms with Crippen LogP contribution in [0.4, 0.5) is 0 Å². The molecule has 0 aliphatic heterocycles. The number of rotatable bonds is 53. The van der Waals surface area contributed by atoms with Gasteiger partial charge in [-0.05, 0) is 109 Å². The lowest BCUT2D eigenvalue weighted by molar-refractivity contribution is -0.167. The number of unbranched alkanes of at least 4 members (excludes halogenated alkanes) is 28. The Morgan fingerprint density at radius 3 is 0.929 bits per heavy atom. The van der Waals surface area contributed by atoms with Crippen molar-refractivity contribution in [2.45, 2.75) is 290 Å². The quantitative estimate of drug-likeness (QED) is 0.0261. The Bertz CT molecular complexity index is 1350. The molecule has 6 nitrogen and oxygen atoms in total. The molecular weight excluding hydrogens is 865 g/mol. The first-order chi connectivity index (χ1) is 34.5. The van der Waals surface area contributed by atoms with E-state index in [0.717, 1.165) is 109 Å². The molecule has 0 fully saturated rings. The lowest BCUT2D eigenvalue weighted by atomic mass is 10.0. The zero-order valence-corrected chi connectivity index (χ0v) is 46.0. The Kier molecular flexibility index (Phi) is 55.3. The molecule has 0 N–H and O–H groups in total. The van der Waals surface area contributed by atoms with Crippen LogP contribution in [-0.4, -0.2) is 37.2 Å². The fourth-order valence-corrected chi connectivity index (χ4v) is 8.15. The van der Waals surface area contributed by atoms with Gasteiger partial charge in [0.15, 0.2) is 6.10 Å². The maximum absolute atomic E-state index is 12.8. The van der Waals surface area contributed by atoms with Gasteiger partial charge in [0.1, 0.15) is 13.2 Å². The third-order valence-corrected chi connectivity index (χ3v) is 12.6. The molecule has 1 atom stereocenters. The molecule has 0 bridgehead atoms. The summed E-state index contributed by atoms with van der Waals surface area (Å²) in [4.78, 5) is 38.1. The van der Waals surface area contributed by atoms with Gasteiger partial charge in [-0.15, -0.1) is 0 Å². The molecule has 70 heavy (non-hydrogen) atoms. The van der Waals surface area contributed by atoms with E-state index in [1.165, 1.54) is 135 Å². The molecule has 0 saturated heterocycles. The summed E-state index contributed by atoms with van der Waals surface area (Å²) < 4.78 is 16.8. The zero-order chi connectivity index (χ0) is 50.7. The fraction of sp³-hybridized carbons (Fsp3) is 0.734. The molecule has 402 valence electrons. The van der Waals surface area contributed by atoms with Gasteiger partial charge in [0.25, 0.3) is 0 Å². The van der Waals surface area contributed by atoms with Crippen LogP contribution in [0.15, 0.2) is 85.1 Å². The number of allylic oxidation sites excluding steroid dienone is 14. The van der Waals surface area contributed by atoms with E-state index in [1.54, 1.807) is 0 Å². The Morgan fingerprint density at radius 2 is 0.571 bits per heavy atom. The van der Waals surface area contributed by atoms with E-state index in [4.69, 9.17) is 14.2 Å². The predicted octanol–water partition coefficient (Wildman–Crippen LogP) is 19.9. The first kappa shape index (κ1) is 66.6. The van der Waals surface area contributed by atoms with Crippen LogP contribution in [0.3, 0.4) is 0 Å². The topological polar surface area (TPSA) is 78.9 Å². The minimum atomic E-state index is -0.784. The van der Waals surface area contributed by atoms with Crippen molar-refractivity contribution in [2.75, 3.05) is 13.2 Å². The van der Waals surface area contributed by atoms with Crippen molar-refractivity contribution in [3.05, 3.63) is 85.1 Å². The Morgan fingerprint density at radius 1 is 0.300 bits per heavy atom. The number of carbonyl (C=O) groups excluding carboxylic acids is 3. The minimum absolute atomic E-state index is 0.0830. The normalized spacial score (nSPS) is 12.7. The highest BCUT2D eigenvalue weighted by Crippen LogP contribution is 2.15. The van der Waals surface area contributed by atoms with Crippen LogP contribution in [0.2, 0.25) is 0 Å². The van der Waals surface area contributed by atoms with Crippen molar-refractivity contribution < 1.29 is 28.6 Å². The molecule has 0 aliphatic carbocycles. The van der Waals surface area contributed by atoms with E-state index < -0.39 is 6.10 Å². The smallest absolute Gasteiger partial charge is 0.306 e. The number of hydrogen-bond donors (Lipinski definition) is 0. The predicted molar refractivity (Wildman–Crippen MR) is 302 cm³/mol. The largest absolute Gasteiger partial charge is 0.462 e. The molecule has 0 rings (SSSR count). The first-order valence-electron chi connectivity index (χ1n) is 29.6. The minimum Gasteiger partial charge on any atom is -0.462 e. The van der Waals surface area contributed by atoms with Crippen LogP contribution in [-0.2, 0) is 28.6 Å². The lowest BCUT2D eigenvalue weighted by Crippen LogP contribution is -2.30. The zero-order valence-electron chi connectivity index (χ0n) is 46.0. The summed E-state index contributed by atoms with van der Waals surface area (Å²) in [5, 5.41) is 0. The Balaban J connectivity index is 4.24. The molecule has 0 aromatic carbocycles. The van der Waals surface area contributed by atoms with E-state index in [2.05, 4.69) is 106 Å². The van der Waals surface area contributed by atoms with Gasteiger partial charge in [0.05, 0.1) is 0 Å². The highest BCUT2D eigenvalue weighted by Gasteiger charge is 2.19. The molecular formula is C64H110O6. The van der Waals surface area contributed by atoms with E-state index >= 15 is 0 Å². The van der Waals surface area contributed by atoms with Gasteiger partial charge < -0.3 is 14.2 Å². The van der Waals surface area contributed by atoms with Crippen LogP contribution in [0.5, 0.6) is 0 Å². The highest BCUT2D eigenvalue weighted by atomic mass is 16.6. The molecule has 0 heterocycles. The summed E-state index contributed by atoms with van der Waals surface area (Å²) in [5.74, 6) is -0.899. The van der Waals surface area contributed by atoms with Crippen LogP contribution in [0.1, 0.15) is 284 Å². The summed E-state index contributed by atoms with van der Waals surface area (Å²) in [6, 6.07) is 0. The van der Waals surface area contributed by atoms with Crippen molar-refractivity contribution in [2.24, 2.45) is 0 Å². The van der Waals surface area contributed by atoms with Crippen molar-refractivity contribution in [3.8, 4) is 0 Å². The molecule has 6 heteroatoms. The van der Waals surface area contributed by atoms with Gasteiger partial charge >= 0.3 is 17.9 Å². The average molecular weight is 976 g/mol.